The maximum absolute atomic E-state index is 13.1. The maximum Gasteiger partial charge on any atom is 0.254 e. The lowest BCUT2D eigenvalue weighted by atomic mass is 10.0. The van der Waals surface area contributed by atoms with Gasteiger partial charge in [-0.05, 0) is 43.8 Å². The molecule has 3 aromatic rings. The molecule has 2 heterocycles. The van der Waals surface area contributed by atoms with Crippen LogP contribution in [0.3, 0.4) is 0 Å². The van der Waals surface area contributed by atoms with Gasteiger partial charge in [0.25, 0.3) is 5.91 Å². The zero-order valence-electron chi connectivity index (χ0n) is 18.0. The van der Waals surface area contributed by atoms with Crippen LogP contribution < -0.4 is 5.32 Å². The van der Waals surface area contributed by atoms with E-state index in [4.69, 9.17) is 16.1 Å². The SMILES string of the molecule is CCN(CC)C(CNC(=O)c1cccnc1SCc1cc(C)on1)c1ccccc1Cl. The van der Waals surface area contributed by atoms with Crippen molar-refractivity contribution in [2.75, 3.05) is 19.6 Å². The molecule has 1 aromatic carbocycles. The van der Waals surface area contributed by atoms with Gasteiger partial charge in [-0.15, -0.1) is 0 Å². The molecule has 1 unspecified atom stereocenters. The highest BCUT2D eigenvalue weighted by Crippen LogP contribution is 2.28. The lowest BCUT2D eigenvalue weighted by Crippen LogP contribution is -2.38. The van der Waals surface area contributed by atoms with Crippen LogP contribution in [0.25, 0.3) is 0 Å². The monoisotopic (exact) mass is 458 g/mol. The fourth-order valence-corrected chi connectivity index (χ4v) is 4.57. The van der Waals surface area contributed by atoms with Gasteiger partial charge in [-0.2, -0.15) is 0 Å². The third-order valence-electron chi connectivity index (χ3n) is 5.02. The van der Waals surface area contributed by atoms with Crippen molar-refractivity contribution in [3.05, 3.63) is 76.3 Å². The topological polar surface area (TPSA) is 71.3 Å². The van der Waals surface area contributed by atoms with Crippen molar-refractivity contribution in [1.82, 2.24) is 20.4 Å². The Balaban J connectivity index is 1.73. The van der Waals surface area contributed by atoms with E-state index in [0.717, 1.165) is 30.1 Å². The minimum absolute atomic E-state index is 0.0152. The second-order valence-corrected chi connectivity index (χ2v) is 8.41. The average molecular weight is 459 g/mol. The number of pyridine rings is 1. The van der Waals surface area contributed by atoms with Crippen molar-refractivity contribution in [2.45, 2.75) is 37.6 Å². The summed E-state index contributed by atoms with van der Waals surface area (Å²) in [5, 5.41) is 8.46. The molecule has 1 atom stereocenters. The van der Waals surface area contributed by atoms with Gasteiger partial charge in [0.15, 0.2) is 0 Å². The number of carbonyl (C=O) groups is 1. The number of hydrogen-bond donors (Lipinski definition) is 1. The van der Waals surface area contributed by atoms with Gasteiger partial charge in [-0.25, -0.2) is 4.98 Å². The molecule has 0 aliphatic carbocycles. The minimum Gasteiger partial charge on any atom is -0.361 e. The summed E-state index contributed by atoms with van der Waals surface area (Å²) >= 11 is 7.93. The molecule has 0 spiro atoms. The van der Waals surface area contributed by atoms with Gasteiger partial charge >= 0.3 is 0 Å². The molecule has 8 heteroatoms. The molecule has 3 rings (SSSR count). The summed E-state index contributed by atoms with van der Waals surface area (Å²) in [5.41, 5.74) is 2.38. The lowest BCUT2D eigenvalue weighted by Gasteiger charge is -2.31. The number of amides is 1. The van der Waals surface area contributed by atoms with Gasteiger partial charge in [0.1, 0.15) is 10.8 Å². The standard InChI is InChI=1S/C23H27ClN4O2S/c1-4-28(5-2)21(18-9-6-7-11-20(18)24)14-26-22(29)19-10-8-12-25-23(19)31-15-17-13-16(3)30-27-17/h6-13,21H,4-5,14-15H2,1-3H3,(H,26,29). The van der Waals surface area contributed by atoms with Crippen molar-refractivity contribution in [3.63, 3.8) is 0 Å². The van der Waals surface area contributed by atoms with Gasteiger partial charge in [-0.3, -0.25) is 9.69 Å². The molecule has 6 nitrogen and oxygen atoms in total. The molecule has 2 aromatic heterocycles. The lowest BCUT2D eigenvalue weighted by molar-refractivity contribution is 0.0931. The van der Waals surface area contributed by atoms with Crippen LogP contribution in [0.2, 0.25) is 5.02 Å². The molecule has 0 saturated heterocycles. The van der Waals surface area contributed by atoms with Crippen LogP contribution in [0.1, 0.15) is 47.3 Å². The number of rotatable bonds is 10. The predicted molar refractivity (Wildman–Crippen MR) is 124 cm³/mol. The van der Waals surface area contributed by atoms with Crippen molar-refractivity contribution in [1.29, 1.82) is 0 Å². The molecule has 0 fully saturated rings. The minimum atomic E-state index is -0.156. The molecule has 31 heavy (non-hydrogen) atoms. The van der Waals surface area contributed by atoms with E-state index < -0.39 is 0 Å². The zero-order chi connectivity index (χ0) is 22.2. The average Bonchev–Trinajstić information content (AvgIpc) is 3.21. The fraction of sp³-hybridized carbons (Fsp3) is 0.348. The maximum atomic E-state index is 13.1. The van der Waals surface area contributed by atoms with Crippen molar-refractivity contribution in [2.24, 2.45) is 0 Å². The highest BCUT2D eigenvalue weighted by atomic mass is 35.5. The predicted octanol–water partition coefficient (Wildman–Crippen LogP) is 5.14. The molecular formula is C23H27ClN4O2S. The van der Waals surface area contributed by atoms with E-state index in [2.05, 4.69) is 34.2 Å². The molecule has 164 valence electrons. The van der Waals surface area contributed by atoms with Crippen LogP contribution in [0.4, 0.5) is 0 Å². The van der Waals surface area contributed by atoms with Gasteiger partial charge < -0.3 is 9.84 Å². The Bertz CT molecular complexity index is 1010. The third kappa shape index (κ3) is 6.09. The van der Waals surface area contributed by atoms with Crippen LogP contribution in [-0.2, 0) is 5.75 Å². The summed E-state index contributed by atoms with van der Waals surface area (Å²) in [6.07, 6.45) is 1.69. The van der Waals surface area contributed by atoms with Crippen LogP contribution in [0.15, 0.2) is 58.2 Å². The summed E-state index contributed by atoms with van der Waals surface area (Å²) in [6.45, 7) is 8.23. The Morgan fingerprint density at radius 3 is 2.68 bits per heavy atom. The van der Waals surface area contributed by atoms with Crippen molar-refractivity contribution >= 4 is 29.3 Å². The van der Waals surface area contributed by atoms with E-state index in [1.807, 2.05) is 37.3 Å². The van der Waals surface area contributed by atoms with Crippen LogP contribution in [0.5, 0.6) is 0 Å². The number of aryl methyl sites for hydroxylation is 1. The first-order valence-electron chi connectivity index (χ1n) is 10.3. The van der Waals surface area contributed by atoms with Crippen LogP contribution in [0, 0.1) is 6.92 Å². The van der Waals surface area contributed by atoms with Gasteiger partial charge in [-0.1, -0.05) is 60.6 Å². The Morgan fingerprint density at radius 2 is 2.00 bits per heavy atom. The first-order chi connectivity index (χ1) is 15.0. The molecule has 1 N–H and O–H groups in total. The Labute approximate surface area is 192 Å². The molecule has 0 radical (unpaired) electrons. The van der Waals surface area contributed by atoms with Crippen molar-refractivity contribution in [3.8, 4) is 0 Å². The second kappa shape index (κ2) is 11.3. The number of nitrogens with zero attached hydrogens (tertiary/aromatic N) is 3. The normalized spacial score (nSPS) is 12.2. The Morgan fingerprint density at radius 1 is 1.23 bits per heavy atom. The fourth-order valence-electron chi connectivity index (χ4n) is 3.44. The summed E-state index contributed by atoms with van der Waals surface area (Å²) in [4.78, 5) is 19.7. The van der Waals surface area contributed by atoms with Crippen molar-refractivity contribution < 1.29 is 9.32 Å². The van der Waals surface area contributed by atoms with E-state index in [-0.39, 0.29) is 11.9 Å². The van der Waals surface area contributed by atoms with E-state index >= 15 is 0 Å². The first-order valence-corrected chi connectivity index (χ1v) is 11.7. The van der Waals surface area contributed by atoms with Gasteiger partial charge in [0.2, 0.25) is 0 Å². The number of aromatic nitrogens is 2. The number of thioether (sulfide) groups is 1. The van der Waals surface area contributed by atoms with E-state index in [1.165, 1.54) is 11.8 Å². The molecule has 0 aliphatic heterocycles. The van der Waals surface area contributed by atoms with Crippen LogP contribution >= 0.6 is 23.4 Å². The highest BCUT2D eigenvalue weighted by Gasteiger charge is 2.22. The second-order valence-electron chi connectivity index (χ2n) is 7.04. The van der Waals surface area contributed by atoms with Gasteiger partial charge in [0.05, 0.1) is 17.3 Å². The highest BCUT2D eigenvalue weighted by molar-refractivity contribution is 7.98. The molecule has 1 amide bonds. The Kier molecular flexibility index (Phi) is 8.51. The first kappa shape index (κ1) is 23.3. The van der Waals surface area contributed by atoms with E-state index in [1.54, 1.807) is 18.3 Å². The number of hydrogen-bond acceptors (Lipinski definition) is 6. The molecule has 0 bridgehead atoms. The van der Waals surface area contributed by atoms with Crippen LogP contribution in [-0.4, -0.2) is 40.6 Å². The largest absolute Gasteiger partial charge is 0.361 e. The Hall–Kier alpha value is -2.35. The quantitative estimate of drug-likeness (QED) is 0.424. The molecule has 0 saturated carbocycles. The van der Waals surface area contributed by atoms with E-state index in [9.17, 15) is 4.79 Å². The molecule has 0 aliphatic rings. The number of likely N-dealkylation sites (N-methyl/N-ethyl adjacent to an activating group) is 1. The number of nitrogens with one attached hydrogen (secondary N) is 1. The van der Waals surface area contributed by atoms with Gasteiger partial charge in [0, 0.05) is 29.6 Å². The molecular weight excluding hydrogens is 432 g/mol. The zero-order valence-corrected chi connectivity index (χ0v) is 19.5. The summed E-state index contributed by atoms with van der Waals surface area (Å²) in [5.74, 6) is 1.18. The summed E-state index contributed by atoms with van der Waals surface area (Å²) in [6, 6.07) is 13.2. The van der Waals surface area contributed by atoms with E-state index in [0.29, 0.717) is 27.9 Å². The smallest absolute Gasteiger partial charge is 0.254 e. The number of carbonyl (C=O) groups excluding carboxylic acids is 1. The number of halogens is 1. The summed E-state index contributed by atoms with van der Waals surface area (Å²) < 4.78 is 5.11. The third-order valence-corrected chi connectivity index (χ3v) is 6.41. The number of benzene rings is 1. The summed E-state index contributed by atoms with van der Waals surface area (Å²) in [7, 11) is 0.